The summed E-state index contributed by atoms with van der Waals surface area (Å²) in [5, 5.41) is 2.40. The zero-order chi connectivity index (χ0) is 24.9. The lowest BCUT2D eigenvalue weighted by molar-refractivity contribution is -0.148. The molecule has 1 aliphatic rings. The van der Waals surface area contributed by atoms with Gasteiger partial charge >= 0.3 is 12.1 Å². The first-order valence-corrected chi connectivity index (χ1v) is 11.7. The van der Waals surface area contributed by atoms with Crippen LogP contribution in [0.2, 0.25) is 0 Å². The van der Waals surface area contributed by atoms with Gasteiger partial charge in [-0.25, -0.2) is 8.42 Å². The summed E-state index contributed by atoms with van der Waals surface area (Å²) in [6.45, 7) is -0.761. The first kappa shape index (κ1) is 25.4. The van der Waals surface area contributed by atoms with Crippen molar-refractivity contribution in [3.8, 4) is 0 Å². The number of hydrogen-bond donors (Lipinski definition) is 1. The molecular weight excluding hydrogens is 479 g/mol. The Kier molecular flexibility index (Phi) is 7.77. The summed E-state index contributed by atoms with van der Waals surface area (Å²) in [6, 6.07) is 6.87. The molecule has 9 nitrogen and oxygen atoms in total. The van der Waals surface area contributed by atoms with Gasteiger partial charge in [-0.15, -0.1) is 0 Å². The highest BCUT2D eigenvalue weighted by atomic mass is 32.2. The molecule has 184 valence electrons. The van der Waals surface area contributed by atoms with Gasteiger partial charge < -0.3 is 14.6 Å². The fourth-order valence-corrected chi connectivity index (χ4v) is 4.90. The van der Waals surface area contributed by atoms with Crippen molar-refractivity contribution in [1.29, 1.82) is 0 Å². The molecule has 3 rings (SSSR count). The number of benzene rings is 1. The number of nitrogens with one attached hydrogen (secondary N) is 1. The van der Waals surface area contributed by atoms with Gasteiger partial charge in [0.25, 0.3) is 11.5 Å². The lowest BCUT2D eigenvalue weighted by atomic mass is 10.2. The van der Waals surface area contributed by atoms with Crippen LogP contribution in [0.15, 0.2) is 52.3 Å². The van der Waals surface area contributed by atoms with Crippen LogP contribution in [0.25, 0.3) is 0 Å². The second kappa shape index (κ2) is 10.4. The number of nitrogens with zero attached hydrogens (tertiary/aromatic N) is 2. The van der Waals surface area contributed by atoms with Gasteiger partial charge in [0.2, 0.25) is 10.0 Å². The standard InChI is InChI=1S/C21H22F3N3O6S/c22-21(23,24)15-7-8-19(29)26(12-15)13-20(30)33-14-18(28)25-16-5-4-6-17(11-16)34(31,32)27-9-2-1-3-10-27/h4-8,11-12H,1-3,9-10,13-14H2,(H,25,28). The maximum atomic E-state index is 12.8. The molecule has 0 radical (unpaired) electrons. The van der Waals surface area contributed by atoms with Crippen LogP contribution in [-0.4, -0.2) is 48.9 Å². The highest BCUT2D eigenvalue weighted by molar-refractivity contribution is 7.89. The van der Waals surface area contributed by atoms with Gasteiger partial charge in [0.15, 0.2) is 6.61 Å². The Bertz CT molecular complexity index is 1220. The van der Waals surface area contributed by atoms with Crippen molar-refractivity contribution in [1.82, 2.24) is 8.87 Å². The number of carbonyl (C=O) groups is 2. The maximum Gasteiger partial charge on any atom is 0.417 e. The predicted octanol–water partition coefficient (Wildman–Crippen LogP) is 2.22. The number of anilines is 1. The largest absolute Gasteiger partial charge is 0.454 e. The smallest absolute Gasteiger partial charge is 0.417 e. The molecule has 0 bridgehead atoms. The first-order valence-electron chi connectivity index (χ1n) is 10.3. The number of halogens is 3. The Labute approximate surface area is 193 Å². The number of piperidine rings is 1. The Morgan fingerprint density at radius 1 is 1.06 bits per heavy atom. The molecule has 1 aromatic heterocycles. The summed E-state index contributed by atoms with van der Waals surface area (Å²) in [7, 11) is -3.71. The van der Waals surface area contributed by atoms with Crippen LogP contribution in [0.5, 0.6) is 0 Å². The fourth-order valence-electron chi connectivity index (χ4n) is 3.34. The minimum absolute atomic E-state index is 0.00752. The van der Waals surface area contributed by atoms with Crippen LogP contribution in [0, 0.1) is 0 Å². The van der Waals surface area contributed by atoms with Crippen LogP contribution in [0.4, 0.5) is 18.9 Å². The normalized spacial score (nSPS) is 15.0. The van der Waals surface area contributed by atoms with Crippen molar-refractivity contribution in [3.05, 3.63) is 58.5 Å². The summed E-state index contributed by atoms with van der Waals surface area (Å²) in [5.41, 5.74) is -1.80. The topological polar surface area (TPSA) is 115 Å². The first-order chi connectivity index (χ1) is 16.0. The van der Waals surface area contributed by atoms with Gasteiger partial charge in [-0.3, -0.25) is 14.4 Å². The van der Waals surface area contributed by atoms with Crippen LogP contribution >= 0.6 is 0 Å². The third kappa shape index (κ3) is 6.44. The van der Waals surface area contributed by atoms with Gasteiger partial charge in [-0.1, -0.05) is 12.5 Å². The number of aromatic nitrogens is 1. The Morgan fingerprint density at radius 3 is 2.44 bits per heavy atom. The summed E-state index contributed by atoms with van der Waals surface area (Å²) >= 11 is 0. The third-order valence-electron chi connectivity index (χ3n) is 5.05. The van der Waals surface area contributed by atoms with E-state index in [2.05, 4.69) is 5.32 Å². The molecule has 1 amide bonds. The molecular formula is C21H22F3N3O6S. The summed E-state index contributed by atoms with van der Waals surface area (Å²) in [5.74, 6) is -1.89. The van der Waals surface area contributed by atoms with Crippen molar-refractivity contribution in [2.24, 2.45) is 0 Å². The molecule has 2 aromatic rings. The predicted molar refractivity (Wildman–Crippen MR) is 114 cm³/mol. The van der Waals surface area contributed by atoms with Crippen LogP contribution < -0.4 is 10.9 Å². The number of hydrogen-bond acceptors (Lipinski definition) is 6. The molecule has 0 aliphatic carbocycles. The average Bonchev–Trinajstić information content (AvgIpc) is 2.79. The monoisotopic (exact) mass is 501 g/mol. The van der Waals surface area contributed by atoms with E-state index in [0.717, 1.165) is 19.3 Å². The summed E-state index contributed by atoms with van der Waals surface area (Å²) < 4.78 is 70.5. The molecule has 2 heterocycles. The van der Waals surface area contributed by atoms with Gasteiger partial charge in [-0.05, 0) is 37.1 Å². The highest BCUT2D eigenvalue weighted by Gasteiger charge is 2.31. The third-order valence-corrected chi connectivity index (χ3v) is 6.94. The molecule has 1 saturated heterocycles. The van der Waals surface area contributed by atoms with Crippen molar-refractivity contribution < 1.29 is 35.9 Å². The second-order valence-corrected chi connectivity index (χ2v) is 9.52. The molecule has 1 aliphatic heterocycles. The van der Waals surface area contributed by atoms with Crippen molar-refractivity contribution in [2.75, 3.05) is 25.0 Å². The second-order valence-electron chi connectivity index (χ2n) is 7.58. The lowest BCUT2D eigenvalue weighted by Gasteiger charge is -2.26. The van der Waals surface area contributed by atoms with E-state index in [-0.39, 0.29) is 10.6 Å². The van der Waals surface area contributed by atoms with Crippen molar-refractivity contribution in [3.63, 3.8) is 0 Å². The summed E-state index contributed by atoms with van der Waals surface area (Å²) in [6.07, 6.45) is -1.71. The van der Waals surface area contributed by atoms with Crippen LogP contribution in [0.1, 0.15) is 24.8 Å². The fraction of sp³-hybridized carbons (Fsp3) is 0.381. The molecule has 13 heteroatoms. The van der Waals surface area contributed by atoms with E-state index in [1.807, 2.05) is 0 Å². The van der Waals surface area contributed by atoms with E-state index in [0.29, 0.717) is 36.0 Å². The Morgan fingerprint density at radius 2 is 1.76 bits per heavy atom. The van der Waals surface area contributed by atoms with Gasteiger partial charge in [0.1, 0.15) is 6.54 Å². The average molecular weight is 501 g/mol. The van der Waals surface area contributed by atoms with E-state index in [9.17, 15) is 36.0 Å². The number of ether oxygens (including phenoxy) is 1. The lowest BCUT2D eigenvalue weighted by Crippen LogP contribution is -2.35. The number of sulfonamides is 1. The van der Waals surface area contributed by atoms with E-state index >= 15 is 0 Å². The maximum absolute atomic E-state index is 12.8. The van der Waals surface area contributed by atoms with Crippen LogP contribution in [0.3, 0.4) is 0 Å². The van der Waals surface area contributed by atoms with Gasteiger partial charge in [0, 0.05) is 31.0 Å². The number of pyridine rings is 1. The Hall–Kier alpha value is -3.19. The molecule has 1 N–H and O–H groups in total. The molecule has 0 atom stereocenters. The minimum atomic E-state index is -4.70. The molecule has 34 heavy (non-hydrogen) atoms. The number of rotatable bonds is 7. The zero-order valence-corrected chi connectivity index (χ0v) is 18.7. The highest BCUT2D eigenvalue weighted by Crippen LogP contribution is 2.28. The molecule has 1 aromatic carbocycles. The van der Waals surface area contributed by atoms with E-state index < -0.39 is 52.4 Å². The quantitative estimate of drug-likeness (QED) is 0.582. The van der Waals surface area contributed by atoms with Crippen molar-refractivity contribution >= 4 is 27.6 Å². The van der Waals surface area contributed by atoms with E-state index in [1.165, 1.54) is 28.6 Å². The van der Waals surface area contributed by atoms with E-state index in [4.69, 9.17) is 4.74 Å². The zero-order valence-electron chi connectivity index (χ0n) is 17.9. The molecule has 0 spiro atoms. The number of carbonyl (C=O) groups excluding carboxylic acids is 2. The minimum Gasteiger partial charge on any atom is -0.454 e. The molecule has 0 unspecified atom stereocenters. The summed E-state index contributed by atoms with van der Waals surface area (Å²) in [4.78, 5) is 35.7. The Balaban J connectivity index is 1.58. The van der Waals surface area contributed by atoms with Gasteiger partial charge in [0.05, 0.1) is 10.5 Å². The SMILES string of the molecule is O=C(COC(=O)Cn1cc(C(F)(F)F)ccc1=O)Nc1cccc(S(=O)(=O)N2CCCCC2)c1. The number of esters is 1. The van der Waals surface area contributed by atoms with E-state index in [1.54, 1.807) is 0 Å². The van der Waals surface area contributed by atoms with Crippen molar-refractivity contribution in [2.45, 2.75) is 36.9 Å². The number of alkyl halides is 3. The van der Waals surface area contributed by atoms with Gasteiger partial charge in [-0.2, -0.15) is 17.5 Å². The molecule has 1 fully saturated rings. The van der Waals surface area contributed by atoms with Crippen LogP contribution in [-0.2, 0) is 37.1 Å². The molecule has 0 saturated carbocycles. The number of amides is 1.